The number of carbonyl (C=O) groups is 3. The molecule has 2 aromatic carbocycles. The molecule has 43 heavy (non-hydrogen) atoms. The maximum Gasteiger partial charge on any atom is 0.508 e. The fourth-order valence-corrected chi connectivity index (χ4v) is 10.4. The predicted octanol–water partition coefficient (Wildman–Crippen LogP) is 5.11. The van der Waals surface area contributed by atoms with Crippen molar-refractivity contribution < 1.29 is 36.7 Å². The van der Waals surface area contributed by atoms with Crippen molar-refractivity contribution in [3.8, 4) is 0 Å². The summed E-state index contributed by atoms with van der Waals surface area (Å²) in [7, 11) is -5.69. The van der Waals surface area contributed by atoms with Gasteiger partial charge in [0.25, 0.3) is 10.0 Å². The maximum atomic E-state index is 13.7. The topological polar surface area (TPSA) is 137 Å². The second-order valence-corrected chi connectivity index (χ2v) is 17.8. The molecule has 0 aromatic heterocycles. The third-order valence-electron chi connectivity index (χ3n) is 9.02. The smallest absolute Gasteiger partial charge is 0.430 e. The molecule has 0 radical (unpaired) electrons. The molecule has 4 atom stereocenters. The van der Waals surface area contributed by atoms with Crippen LogP contribution in [-0.4, -0.2) is 59.9 Å². The molecule has 2 aliphatic rings. The zero-order chi connectivity index (χ0) is 31.5. The van der Waals surface area contributed by atoms with Crippen LogP contribution in [-0.2, 0) is 46.4 Å². The normalized spacial score (nSPS) is 20.0. The van der Waals surface area contributed by atoms with Crippen molar-refractivity contribution in [3.05, 3.63) is 48.0 Å². The van der Waals surface area contributed by atoms with Crippen molar-refractivity contribution in [1.82, 2.24) is 5.32 Å². The molecule has 0 unspecified atom stereocenters. The molecule has 2 N–H and O–H groups in total. The molecule has 2 aliphatic heterocycles. The zero-order valence-electron chi connectivity index (χ0n) is 25.5. The molecule has 234 valence electrons. The van der Waals surface area contributed by atoms with Crippen molar-refractivity contribution in [1.29, 1.82) is 0 Å². The Morgan fingerprint density at radius 3 is 2.44 bits per heavy atom. The third-order valence-corrected chi connectivity index (χ3v) is 15.2. The van der Waals surface area contributed by atoms with Gasteiger partial charge in [0.05, 0.1) is 17.6 Å². The van der Waals surface area contributed by atoms with E-state index in [0.29, 0.717) is 29.7 Å². The van der Waals surface area contributed by atoms with E-state index in [1.807, 2.05) is 18.2 Å². The highest BCUT2D eigenvalue weighted by molar-refractivity contribution is 7.93. The van der Waals surface area contributed by atoms with Crippen molar-refractivity contribution in [3.63, 3.8) is 0 Å². The van der Waals surface area contributed by atoms with Crippen LogP contribution < -0.4 is 10.0 Å². The number of hydrogen-bond donors (Lipinski definition) is 2. The number of Topliss-reactive ketones (excluding diaryl/α,β-unsaturated/α-hetero) is 1. The van der Waals surface area contributed by atoms with E-state index < -0.39 is 48.5 Å². The quantitative estimate of drug-likeness (QED) is 0.120. The second-order valence-electron chi connectivity index (χ2n) is 11.4. The van der Waals surface area contributed by atoms with Gasteiger partial charge in [0.1, 0.15) is 23.4 Å². The average molecular weight is 631 g/mol. The van der Waals surface area contributed by atoms with Crippen LogP contribution in [0.1, 0.15) is 45.7 Å². The van der Waals surface area contributed by atoms with E-state index in [1.54, 1.807) is 19.9 Å². The van der Waals surface area contributed by atoms with Crippen LogP contribution in [0.5, 0.6) is 0 Å². The first-order valence-corrected chi connectivity index (χ1v) is 18.9. The number of amides is 1. The summed E-state index contributed by atoms with van der Waals surface area (Å²) < 4.78 is 45.8. The number of benzene rings is 2. The van der Waals surface area contributed by atoms with Crippen molar-refractivity contribution in [2.75, 3.05) is 17.9 Å². The second kappa shape index (κ2) is 13.2. The van der Waals surface area contributed by atoms with E-state index in [0.717, 1.165) is 29.1 Å². The van der Waals surface area contributed by atoms with Gasteiger partial charge in [0.2, 0.25) is 5.91 Å². The van der Waals surface area contributed by atoms with Gasteiger partial charge in [-0.2, -0.15) is 0 Å². The summed E-state index contributed by atoms with van der Waals surface area (Å²) in [5.74, 6) is -1.97. The van der Waals surface area contributed by atoms with Gasteiger partial charge in [-0.1, -0.05) is 58.5 Å². The Hall–Kier alpha value is -3.22. The zero-order valence-corrected chi connectivity index (χ0v) is 27.3. The van der Waals surface area contributed by atoms with Gasteiger partial charge in [-0.15, -0.1) is 0 Å². The van der Waals surface area contributed by atoms with Crippen LogP contribution in [0.2, 0.25) is 18.1 Å². The molecule has 0 spiro atoms. The van der Waals surface area contributed by atoms with E-state index in [4.69, 9.17) is 13.9 Å². The molecule has 4 rings (SSSR count). The third kappa shape index (κ3) is 6.51. The minimum absolute atomic E-state index is 0.0267. The first-order valence-electron chi connectivity index (χ1n) is 14.9. The molecular weight excluding hydrogens is 589 g/mol. The van der Waals surface area contributed by atoms with E-state index in [9.17, 15) is 22.8 Å². The molecular formula is C31H42N2O8SSi. The predicted molar refractivity (Wildman–Crippen MR) is 167 cm³/mol. The van der Waals surface area contributed by atoms with E-state index >= 15 is 0 Å². The van der Waals surface area contributed by atoms with Crippen molar-refractivity contribution in [2.45, 2.75) is 82.6 Å². The Labute approximate surface area is 254 Å². The minimum Gasteiger partial charge on any atom is -0.430 e. The van der Waals surface area contributed by atoms with E-state index in [1.165, 1.54) is 6.08 Å². The lowest BCUT2D eigenvalue weighted by atomic mass is 9.76. The van der Waals surface area contributed by atoms with Gasteiger partial charge < -0.3 is 19.2 Å². The van der Waals surface area contributed by atoms with Crippen molar-refractivity contribution in [2.24, 2.45) is 11.8 Å². The lowest BCUT2D eigenvalue weighted by Gasteiger charge is -2.42. The SMILES string of the molecule is C=CCOC(=O)O[C@H](C)[C@H]1C(=O)N[C@@H]1[C@@H](C)C(=O)Cc1cc(CCO[Si](CC)(CC)CC)c2cccc3c2c1S(=O)(=O)N3. The van der Waals surface area contributed by atoms with Crippen LogP contribution in [0.4, 0.5) is 10.5 Å². The largest absolute Gasteiger partial charge is 0.508 e. The Morgan fingerprint density at radius 1 is 1.12 bits per heavy atom. The van der Waals surface area contributed by atoms with Crippen LogP contribution in [0, 0.1) is 11.8 Å². The first kappa shape index (κ1) is 32.7. The van der Waals surface area contributed by atoms with Crippen molar-refractivity contribution >= 4 is 52.6 Å². The molecule has 12 heteroatoms. The number of β-lactam (4-membered cyclic amide) rings is 1. The lowest BCUT2D eigenvalue weighted by molar-refractivity contribution is -0.145. The van der Waals surface area contributed by atoms with E-state index in [-0.39, 0.29) is 29.6 Å². The molecule has 1 saturated heterocycles. The summed E-state index contributed by atoms with van der Waals surface area (Å²) in [5, 5.41) is 4.18. The number of sulfonamides is 1. The van der Waals surface area contributed by atoms with Gasteiger partial charge in [-0.25, -0.2) is 13.2 Å². The number of hydrogen-bond acceptors (Lipinski definition) is 8. The highest BCUT2D eigenvalue weighted by atomic mass is 32.2. The molecule has 0 bridgehead atoms. The average Bonchev–Trinajstić information content (AvgIpc) is 3.25. The summed E-state index contributed by atoms with van der Waals surface area (Å²) in [6, 6.07) is 9.80. The summed E-state index contributed by atoms with van der Waals surface area (Å²) >= 11 is 0. The minimum atomic E-state index is -3.87. The number of ether oxygens (including phenoxy) is 2. The molecule has 1 fully saturated rings. The number of ketones is 1. The van der Waals surface area contributed by atoms with Gasteiger partial charge in [0, 0.05) is 24.3 Å². The molecule has 10 nitrogen and oxygen atoms in total. The Balaban J connectivity index is 1.59. The fraction of sp³-hybridized carbons (Fsp3) is 0.516. The molecule has 0 saturated carbocycles. The summed E-state index contributed by atoms with van der Waals surface area (Å²) in [6.07, 6.45) is 0.0998. The molecule has 2 heterocycles. The first-order chi connectivity index (χ1) is 20.4. The summed E-state index contributed by atoms with van der Waals surface area (Å²) in [4.78, 5) is 38.1. The molecule has 2 aromatic rings. The van der Waals surface area contributed by atoms with Gasteiger partial charge in [-0.05, 0) is 54.1 Å². The monoisotopic (exact) mass is 630 g/mol. The van der Waals surface area contributed by atoms with Crippen LogP contribution in [0.25, 0.3) is 10.8 Å². The van der Waals surface area contributed by atoms with Crippen LogP contribution >= 0.6 is 0 Å². The number of anilines is 1. The van der Waals surface area contributed by atoms with Gasteiger partial charge in [0.15, 0.2) is 8.32 Å². The van der Waals surface area contributed by atoms with Gasteiger partial charge >= 0.3 is 6.16 Å². The Morgan fingerprint density at radius 2 is 1.81 bits per heavy atom. The van der Waals surface area contributed by atoms with Crippen LogP contribution in [0.3, 0.4) is 0 Å². The number of carbonyl (C=O) groups excluding carboxylic acids is 3. The number of nitrogens with one attached hydrogen (secondary N) is 2. The Bertz CT molecular complexity index is 1510. The highest BCUT2D eigenvalue weighted by Gasteiger charge is 2.49. The summed E-state index contributed by atoms with van der Waals surface area (Å²) in [6.45, 7) is 13.8. The fourth-order valence-electron chi connectivity index (χ4n) is 6.23. The van der Waals surface area contributed by atoms with Crippen LogP contribution in [0.15, 0.2) is 41.8 Å². The maximum absolute atomic E-state index is 13.7. The Kier molecular flexibility index (Phi) is 10.0. The van der Waals surface area contributed by atoms with Gasteiger partial charge in [-0.3, -0.25) is 14.3 Å². The standard InChI is InChI=1S/C31H42N2O8SSi/c1-7-15-39-31(36)41-20(6)26-28(32-30(26)35)19(5)25(34)18-22-17-21(14-16-40-43(8-2,9-3)10-4)23-12-11-13-24-27(23)29(22)42(37,38)33-24/h7,11-13,17,19-20,26,28,33H,1,8-10,14-16,18H2,2-6H3,(H,32,35)/t19-,20+,26+,28+/m0/s1. The summed E-state index contributed by atoms with van der Waals surface area (Å²) in [5.41, 5.74) is 1.84. The molecule has 1 amide bonds. The number of rotatable bonds is 15. The lowest BCUT2D eigenvalue weighted by Crippen LogP contribution is -2.66. The molecule has 0 aliphatic carbocycles. The highest BCUT2D eigenvalue weighted by Crippen LogP contribution is 2.42. The van der Waals surface area contributed by atoms with E-state index in [2.05, 4.69) is 37.4 Å².